The van der Waals surface area contributed by atoms with E-state index in [2.05, 4.69) is 21.2 Å². The number of hydrogen-bond acceptors (Lipinski definition) is 1. The van der Waals surface area contributed by atoms with E-state index in [0.29, 0.717) is 5.56 Å². The van der Waals surface area contributed by atoms with Gasteiger partial charge in [-0.3, -0.25) is 0 Å². The van der Waals surface area contributed by atoms with E-state index in [0.717, 1.165) is 16.7 Å². The molecule has 20 heavy (non-hydrogen) atoms. The molecule has 0 saturated heterocycles. The summed E-state index contributed by atoms with van der Waals surface area (Å²) in [6.07, 6.45) is 0. The van der Waals surface area contributed by atoms with Crippen LogP contribution in [0, 0.1) is 25.5 Å². The fourth-order valence-corrected chi connectivity index (χ4v) is 2.70. The van der Waals surface area contributed by atoms with Crippen LogP contribution in [0.3, 0.4) is 0 Å². The van der Waals surface area contributed by atoms with Gasteiger partial charge in [-0.15, -0.1) is 0 Å². The van der Waals surface area contributed by atoms with E-state index >= 15 is 0 Å². The van der Waals surface area contributed by atoms with Crippen molar-refractivity contribution in [1.29, 1.82) is 0 Å². The smallest absolute Gasteiger partial charge is 0.137 e. The van der Waals surface area contributed by atoms with Gasteiger partial charge in [-0.2, -0.15) is 0 Å². The van der Waals surface area contributed by atoms with Gasteiger partial charge < -0.3 is 5.32 Å². The molecule has 0 aromatic heterocycles. The van der Waals surface area contributed by atoms with Gasteiger partial charge in [0, 0.05) is 5.56 Å². The minimum absolute atomic E-state index is 0.134. The van der Waals surface area contributed by atoms with Crippen LogP contribution in [0.2, 0.25) is 0 Å². The third-order valence-electron chi connectivity index (χ3n) is 3.38. The average Bonchev–Trinajstić information content (AvgIpc) is 2.38. The second-order valence-corrected chi connectivity index (χ2v) is 5.72. The number of benzene rings is 2. The lowest BCUT2D eigenvalue weighted by molar-refractivity contribution is 0.554. The van der Waals surface area contributed by atoms with Crippen LogP contribution in [-0.2, 0) is 0 Å². The van der Waals surface area contributed by atoms with Crippen molar-refractivity contribution in [3.63, 3.8) is 0 Å². The van der Waals surface area contributed by atoms with Crippen molar-refractivity contribution in [2.24, 2.45) is 0 Å². The molecule has 0 radical (unpaired) electrons. The van der Waals surface area contributed by atoms with Gasteiger partial charge in [0.1, 0.15) is 11.6 Å². The highest BCUT2D eigenvalue weighted by atomic mass is 79.9. The monoisotopic (exact) mass is 339 g/mol. The molecule has 1 nitrogen and oxygen atoms in total. The molecule has 1 atom stereocenters. The molecule has 0 spiro atoms. The molecular weight excluding hydrogens is 324 g/mol. The fraction of sp³-hybridized carbons (Fsp3) is 0.250. The summed E-state index contributed by atoms with van der Waals surface area (Å²) in [5.74, 6) is -0.899. The second kappa shape index (κ2) is 6.02. The fourth-order valence-electron chi connectivity index (χ4n) is 2.39. The van der Waals surface area contributed by atoms with Crippen LogP contribution in [0.15, 0.2) is 34.8 Å². The summed E-state index contributed by atoms with van der Waals surface area (Å²) >= 11 is 3.00. The molecule has 2 rings (SSSR count). The topological polar surface area (TPSA) is 12.0 Å². The number of nitrogens with one attached hydrogen (secondary N) is 1. The van der Waals surface area contributed by atoms with Crippen molar-refractivity contribution in [3.05, 3.63) is 68.7 Å². The van der Waals surface area contributed by atoms with E-state index < -0.39 is 11.6 Å². The summed E-state index contributed by atoms with van der Waals surface area (Å²) in [4.78, 5) is 0. The van der Waals surface area contributed by atoms with Gasteiger partial charge in [0.2, 0.25) is 0 Å². The van der Waals surface area contributed by atoms with Gasteiger partial charge in [-0.05, 0) is 60.1 Å². The summed E-state index contributed by atoms with van der Waals surface area (Å²) in [6.45, 7) is 3.98. The van der Waals surface area contributed by atoms with Gasteiger partial charge >= 0.3 is 0 Å². The first-order chi connectivity index (χ1) is 9.43. The SMILES string of the molecule is CNC(c1ccc(C)cc1C)c1cc(F)c(Br)cc1F. The predicted octanol–water partition coefficient (Wildman–Crippen LogP) is 4.65. The Morgan fingerprint density at radius 3 is 2.30 bits per heavy atom. The maximum Gasteiger partial charge on any atom is 0.137 e. The Kier molecular flexibility index (Phi) is 4.55. The molecule has 0 saturated carbocycles. The summed E-state index contributed by atoms with van der Waals surface area (Å²) < 4.78 is 28.0. The molecule has 0 fully saturated rings. The first-order valence-electron chi connectivity index (χ1n) is 6.33. The Bertz CT molecular complexity index is 641. The first kappa shape index (κ1) is 15.1. The van der Waals surface area contributed by atoms with E-state index in [1.807, 2.05) is 32.0 Å². The zero-order valence-corrected chi connectivity index (χ0v) is 13.2. The minimum atomic E-state index is -0.466. The first-order valence-corrected chi connectivity index (χ1v) is 7.12. The van der Waals surface area contributed by atoms with Crippen LogP contribution in [0.4, 0.5) is 8.78 Å². The maximum atomic E-state index is 14.1. The van der Waals surface area contributed by atoms with Crippen LogP contribution in [0.5, 0.6) is 0 Å². The van der Waals surface area contributed by atoms with Crippen LogP contribution in [-0.4, -0.2) is 7.05 Å². The Labute approximate surface area is 126 Å². The van der Waals surface area contributed by atoms with Crippen LogP contribution in [0.25, 0.3) is 0 Å². The lowest BCUT2D eigenvalue weighted by atomic mass is 9.93. The third kappa shape index (κ3) is 2.91. The summed E-state index contributed by atoms with van der Waals surface area (Å²) in [5.41, 5.74) is 3.44. The van der Waals surface area contributed by atoms with Crippen molar-refractivity contribution >= 4 is 15.9 Å². The molecular formula is C16H16BrF2N. The normalized spacial score (nSPS) is 12.5. The van der Waals surface area contributed by atoms with Crippen molar-refractivity contribution in [1.82, 2.24) is 5.32 Å². The standard InChI is InChI=1S/C16H16BrF2N/c1-9-4-5-11(10(2)6-9)16(20-3)12-7-15(19)13(17)8-14(12)18/h4-8,16,20H,1-3H3. The van der Waals surface area contributed by atoms with Gasteiger partial charge in [0.25, 0.3) is 0 Å². The zero-order valence-electron chi connectivity index (χ0n) is 11.6. The highest BCUT2D eigenvalue weighted by Crippen LogP contribution is 2.30. The molecule has 1 unspecified atom stereocenters. The number of rotatable bonds is 3. The Hall–Kier alpha value is -1.26. The molecule has 0 amide bonds. The molecule has 0 heterocycles. The average molecular weight is 340 g/mol. The van der Waals surface area contributed by atoms with E-state index in [1.165, 1.54) is 12.1 Å². The van der Waals surface area contributed by atoms with E-state index in [1.54, 1.807) is 7.05 Å². The highest BCUT2D eigenvalue weighted by molar-refractivity contribution is 9.10. The van der Waals surface area contributed by atoms with Crippen molar-refractivity contribution < 1.29 is 8.78 Å². The Morgan fingerprint density at radius 1 is 1.00 bits per heavy atom. The van der Waals surface area contributed by atoms with Crippen LogP contribution >= 0.6 is 15.9 Å². The van der Waals surface area contributed by atoms with E-state index in [-0.39, 0.29) is 10.5 Å². The zero-order chi connectivity index (χ0) is 14.9. The molecule has 2 aromatic rings. The summed E-state index contributed by atoms with van der Waals surface area (Å²) in [5, 5.41) is 3.06. The van der Waals surface area contributed by atoms with Gasteiger partial charge in [-0.25, -0.2) is 8.78 Å². The van der Waals surface area contributed by atoms with E-state index in [4.69, 9.17) is 0 Å². The molecule has 0 aliphatic heterocycles. The van der Waals surface area contributed by atoms with Gasteiger partial charge in [-0.1, -0.05) is 23.8 Å². The van der Waals surface area contributed by atoms with Crippen molar-refractivity contribution in [2.75, 3.05) is 7.05 Å². The summed E-state index contributed by atoms with van der Waals surface area (Å²) in [7, 11) is 1.74. The maximum absolute atomic E-state index is 14.1. The Morgan fingerprint density at radius 2 is 1.70 bits per heavy atom. The molecule has 0 bridgehead atoms. The van der Waals surface area contributed by atoms with Gasteiger partial charge in [0.05, 0.1) is 10.5 Å². The lowest BCUT2D eigenvalue weighted by Gasteiger charge is -2.20. The minimum Gasteiger partial charge on any atom is -0.309 e. The Balaban J connectivity index is 2.55. The molecule has 2 aromatic carbocycles. The second-order valence-electron chi connectivity index (χ2n) is 4.87. The third-order valence-corrected chi connectivity index (χ3v) is 3.98. The lowest BCUT2D eigenvalue weighted by Crippen LogP contribution is -2.20. The van der Waals surface area contributed by atoms with Gasteiger partial charge in [0.15, 0.2) is 0 Å². The molecule has 1 N–H and O–H groups in total. The quantitative estimate of drug-likeness (QED) is 0.802. The van der Waals surface area contributed by atoms with Crippen molar-refractivity contribution in [3.8, 4) is 0 Å². The number of hydrogen-bond donors (Lipinski definition) is 1. The van der Waals surface area contributed by atoms with E-state index in [9.17, 15) is 8.78 Å². The molecule has 4 heteroatoms. The van der Waals surface area contributed by atoms with Crippen molar-refractivity contribution in [2.45, 2.75) is 19.9 Å². The summed E-state index contributed by atoms with van der Waals surface area (Å²) in [6, 6.07) is 7.98. The molecule has 0 aliphatic rings. The highest BCUT2D eigenvalue weighted by Gasteiger charge is 2.20. The van der Waals surface area contributed by atoms with Crippen LogP contribution < -0.4 is 5.32 Å². The number of aryl methyl sites for hydroxylation is 2. The molecule has 0 aliphatic carbocycles. The molecule has 106 valence electrons. The largest absolute Gasteiger partial charge is 0.309 e. The van der Waals surface area contributed by atoms with Crippen LogP contribution in [0.1, 0.15) is 28.3 Å². The predicted molar refractivity (Wildman–Crippen MR) is 80.9 cm³/mol. The number of halogens is 3.